The molecule has 14 heavy (non-hydrogen) atoms. The maximum absolute atomic E-state index is 12.0. The van der Waals surface area contributed by atoms with Gasteiger partial charge in [0.15, 0.2) is 0 Å². The Kier molecular flexibility index (Phi) is 1.91. The second-order valence-electron chi connectivity index (χ2n) is 6.47. The van der Waals surface area contributed by atoms with Crippen LogP contribution < -0.4 is 0 Å². The summed E-state index contributed by atoms with van der Waals surface area (Å²) in [5.74, 6) is 2.28. The van der Waals surface area contributed by atoms with Crippen LogP contribution in [-0.2, 0) is 4.79 Å². The zero-order valence-electron chi connectivity index (χ0n) is 10.1. The summed E-state index contributed by atoms with van der Waals surface area (Å²) in [6, 6.07) is 0. The van der Waals surface area contributed by atoms with Crippen LogP contribution in [-0.4, -0.2) is 5.78 Å². The van der Waals surface area contributed by atoms with Crippen molar-refractivity contribution in [1.29, 1.82) is 0 Å². The highest BCUT2D eigenvalue weighted by Gasteiger charge is 2.63. The lowest BCUT2D eigenvalue weighted by Gasteiger charge is -2.64. The number of fused-ring (bicyclic) bond motifs is 2. The van der Waals surface area contributed by atoms with E-state index in [0.717, 1.165) is 18.8 Å². The van der Waals surface area contributed by atoms with E-state index in [1.54, 1.807) is 0 Å². The Hall–Kier alpha value is -0.330. The molecule has 0 aliphatic heterocycles. The number of rotatable bonds is 1. The van der Waals surface area contributed by atoms with Gasteiger partial charge in [-0.05, 0) is 29.1 Å². The second-order valence-corrected chi connectivity index (χ2v) is 6.47. The first-order valence-corrected chi connectivity index (χ1v) is 5.83. The van der Waals surface area contributed by atoms with Crippen molar-refractivity contribution in [3.63, 3.8) is 0 Å². The van der Waals surface area contributed by atoms with Gasteiger partial charge in [0.1, 0.15) is 5.78 Å². The molecule has 0 aromatic rings. The van der Waals surface area contributed by atoms with Crippen molar-refractivity contribution in [3.8, 4) is 0 Å². The summed E-state index contributed by atoms with van der Waals surface area (Å²) in [4.78, 5) is 12.0. The SMILES string of the molecule is CC(C)C1(C)CC(=O)[C@H]2C[C@@H]1C2(C)C. The van der Waals surface area contributed by atoms with Crippen molar-refractivity contribution < 1.29 is 4.79 Å². The summed E-state index contributed by atoms with van der Waals surface area (Å²) in [5.41, 5.74) is 0.531. The number of hydrogen-bond donors (Lipinski definition) is 0. The predicted octanol–water partition coefficient (Wildman–Crippen LogP) is 3.28. The van der Waals surface area contributed by atoms with Crippen LogP contribution in [0.2, 0.25) is 0 Å². The van der Waals surface area contributed by atoms with Crippen LogP contribution in [0.1, 0.15) is 47.5 Å². The molecule has 80 valence electrons. The third-order valence-corrected chi connectivity index (χ3v) is 5.33. The van der Waals surface area contributed by atoms with Crippen molar-refractivity contribution in [2.45, 2.75) is 47.5 Å². The van der Waals surface area contributed by atoms with Crippen molar-refractivity contribution in [2.75, 3.05) is 0 Å². The smallest absolute Gasteiger partial charge is 0.137 e. The summed E-state index contributed by atoms with van der Waals surface area (Å²) in [7, 11) is 0. The molecule has 3 saturated carbocycles. The van der Waals surface area contributed by atoms with Gasteiger partial charge in [0.05, 0.1) is 0 Å². The van der Waals surface area contributed by atoms with Gasteiger partial charge >= 0.3 is 0 Å². The molecule has 0 heterocycles. The van der Waals surface area contributed by atoms with Gasteiger partial charge in [-0.1, -0.05) is 34.6 Å². The van der Waals surface area contributed by atoms with Gasteiger partial charge in [0, 0.05) is 12.3 Å². The van der Waals surface area contributed by atoms with E-state index in [9.17, 15) is 4.79 Å². The van der Waals surface area contributed by atoms with E-state index < -0.39 is 0 Å². The third-order valence-electron chi connectivity index (χ3n) is 5.33. The summed E-state index contributed by atoms with van der Waals surface area (Å²) in [6.45, 7) is 11.4. The minimum atomic E-state index is 0.259. The van der Waals surface area contributed by atoms with E-state index in [-0.39, 0.29) is 10.8 Å². The highest BCUT2D eigenvalue weighted by Crippen LogP contribution is 2.66. The molecule has 3 atom stereocenters. The van der Waals surface area contributed by atoms with Gasteiger partial charge in [0.2, 0.25) is 0 Å². The summed E-state index contributed by atoms with van der Waals surface area (Å²) in [6.07, 6.45) is 1.98. The van der Waals surface area contributed by atoms with Crippen molar-refractivity contribution in [1.82, 2.24) is 0 Å². The molecule has 1 heteroatoms. The van der Waals surface area contributed by atoms with E-state index in [2.05, 4.69) is 34.6 Å². The topological polar surface area (TPSA) is 17.1 Å². The molecule has 0 aromatic carbocycles. The Bertz CT molecular complexity index is 277. The molecule has 3 aliphatic carbocycles. The average molecular weight is 194 g/mol. The summed E-state index contributed by atoms with van der Waals surface area (Å²) >= 11 is 0. The maximum Gasteiger partial charge on any atom is 0.137 e. The normalized spacial score (nSPS) is 45.1. The highest BCUT2D eigenvalue weighted by atomic mass is 16.1. The predicted molar refractivity (Wildman–Crippen MR) is 57.9 cm³/mol. The lowest BCUT2D eigenvalue weighted by Crippen LogP contribution is -2.62. The number of hydrogen-bond acceptors (Lipinski definition) is 1. The Morgan fingerprint density at radius 3 is 2.21 bits per heavy atom. The minimum absolute atomic E-state index is 0.259. The van der Waals surface area contributed by atoms with Crippen molar-refractivity contribution >= 4 is 5.78 Å². The molecule has 0 saturated heterocycles. The van der Waals surface area contributed by atoms with E-state index in [1.165, 1.54) is 0 Å². The fourth-order valence-corrected chi connectivity index (χ4v) is 3.82. The molecular formula is C13H22O. The van der Waals surface area contributed by atoms with E-state index in [1.807, 2.05) is 0 Å². The van der Waals surface area contributed by atoms with Gasteiger partial charge in [-0.2, -0.15) is 0 Å². The van der Waals surface area contributed by atoms with Gasteiger partial charge in [-0.3, -0.25) is 4.79 Å². The largest absolute Gasteiger partial charge is 0.299 e. The quantitative estimate of drug-likeness (QED) is 0.626. The van der Waals surface area contributed by atoms with Crippen LogP contribution in [0, 0.1) is 28.6 Å². The third kappa shape index (κ3) is 0.988. The van der Waals surface area contributed by atoms with E-state index in [0.29, 0.717) is 17.6 Å². The van der Waals surface area contributed by atoms with Gasteiger partial charge < -0.3 is 0 Å². The Balaban J connectivity index is 2.35. The lowest BCUT2D eigenvalue weighted by molar-refractivity contribution is -0.181. The summed E-state index contributed by atoms with van der Waals surface area (Å²) < 4.78 is 0. The van der Waals surface area contributed by atoms with Crippen molar-refractivity contribution in [3.05, 3.63) is 0 Å². The van der Waals surface area contributed by atoms with Crippen LogP contribution >= 0.6 is 0 Å². The van der Waals surface area contributed by atoms with Crippen LogP contribution in [0.5, 0.6) is 0 Å². The highest BCUT2D eigenvalue weighted by molar-refractivity contribution is 5.85. The first-order chi connectivity index (χ1) is 6.30. The molecule has 1 unspecified atom stereocenters. The van der Waals surface area contributed by atoms with Gasteiger partial charge in [-0.15, -0.1) is 0 Å². The zero-order valence-corrected chi connectivity index (χ0v) is 10.1. The Morgan fingerprint density at radius 1 is 1.29 bits per heavy atom. The molecule has 0 N–H and O–H groups in total. The lowest BCUT2D eigenvalue weighted by atomic mass is 9.39. The van der Waals surface area contributed by atoms with Gasteiger partial charge in [-0.25, -0.2) is 0 Å². The van der Waals surface area contributed by atoms with Crippen molar-refractivity contribution in [2.24, 2.45) is 28.6 Å². The standard InChI is InChI=1S/C13H22O/c1-8(2)13(5)7-10(14)9-6-11(13)12(9,3)4/h8-9,11H,6-7H2,1-5H3/t9-,11-,13?/m1/s1. The molecule has 0 spiro atoms. The molecule has 3 fully saturated rings. The van der Waals surface area contributed by atoms with Gasteiger partial charge in [0.25, 0.3) is 0 Å². The monoisotopic (exact) mass is 194 g/mol. The average Bonchev–Trinajstić information content (AvgIpc) is 2.01. The second kappa shape index (κ2) is 2.62. The summed E-state index contributed by atoms with van der Waals surface area (Å²) in [5, 5.41) is 0. The number of Topliss-reactive ketones (excluding diaryl/α,β-unsaturated/α-hetero) is 1. The molecule has 0 aromatic heterocycles. The van der Waals surface area contributed by atoms with E-state index in [4.69, 9.17) is 0 Å². The number of carbonyl (C=O) groups is 1. The number of ketones is 1. The first-order valence-electron chi connectivity index (χ1n) is 5.83. The molecule has 3 aliphatic rings. The molecule has 0 radical (unpaired) electrons. The Labute approximate surface area is 87.3 Å². The molecular weight excluding hydrogens is 172 g/mol. The van der Waals surface area contributed by atoms with Crippen LogP contribution in [0.4, 0.5) is 0 Å². The minimum Gasteiger partial charge on any atom is -0.299 e. The zero-order chi connectivity index (χ0) is 10.7. The number of carbonyl (C=O) groups excluding carboxylic acids is 1. The maximum atomic E-state index is 12.0. The first kappa shape index (κ1) is 10.2. The molecule has 1 nitrogen and oxygen atoms in total. The van der Waals surface area contributed by atoms with E-state index >= 15 is 0 Å². The fraction of sp³-hybridized carbons (Fsp3) is 0.923. The van der Waals surface area contributed by atoms with Crippen LogP contribution in [0.25, 0.3) is 0 Å². The van der Waals surface area contributed by atoms with Crippen LogP contribution in [0.3, 0.4) is 0 Å². The molecule has 0 amide bonds. The molecule has 2 bridgehead atoms. The molecule has 3 rings (SSSR count). The Morgan fingerprint density at radius 2 is 1.86 bits per heavy atom. The fourth-order valence-electron chi connectivity index (χ4n) is 3.82. The van der Waals surface area contributed by atoms with Crippen LogP contribution in [0.15, 0.2) is 0 Å².